The Morgan fingerprint density at radius 2 is 1.63 bits per heavy atom. The first-order valence-electron chi connectivity index (χ1n) is 6.74. The Balaban J connectivity index is 2.12. The Bertz CT molecular complexity index is 330. The minimum absolute atomic E-state index is 0.0657. The van der Waals surface area contributed by atoms with E-state index in [1.54, 1.807) is 18.2 Å². The highest BCUT2D eigenvalue weighted by molar-refractivity contribution is 9.09. The Morgan fingerprint density at radius 3 is 2.32 bits per heavy atom. The summed E-state index contributed by atoms with van der Waals surface area (Å²) in [6, 6.07) is 7.92. The smallest absolute Gasteiger partial charge is 0.275 e. The van der Waals surface area contributed by atoms with Crippen LogP contribution in [-0.4, -0.2) is 18.5 Å². The molecule has 0 saturated carbocycles. The molecule has 0 aliphatic heterocycles. The van der Waals surface area contributed by atoms with Crippen molar-refractivity contribution in [3.8, 4) is 0 Å². The number of ether oxygens (including phenoxy) is 1. The van der Waals surface area contributed by atoms with Gasteiger partial charge < -0.3 is 4.74 Å². The zero-order valence-corrected chi connectivity index (χ0v) is 12.7. The van der Waals surface area contributed by atoms with E-state index in [4.69, 9.17) is 4.74 Å². The first kappa shape index (κ1) is 16.6. The van der Waals surface area contributed by atoms with Gasteiger partial charge in [0.25, 0.3) is 5.92 Å². The summed E-state index contributed by atoms with van der Waals surface area (Å²) in [5.41, 5.74) is 0.0657. The molecular weight excluding hydrogens is 314 g/mol. The van der Waals surface area contributed by atoms with E-state index in [0.29, 0.717) is 6.61 Å². The molecule has 1 aromatic carbocycles. The molecule has 0 aromatic heterocycles. The number of hydrogen-bond acceptors (Lipinski definition) is 1. The molecule has 0 bridgehead atoms. The molecule has 0 N–H and O–H groups in total. The lowest BCUT2D eigenvalue weighted by molar-refractivity contribution is -0.0388. The zero-order chi connectivity index (χ0) is 14.0. The fraction of sp³-hybridized carbons (Fsp3) is 0.600. The van der Waals surface area contributed by atoms with E-state index in [-0.39, 0.29) is 18.6 Å². The molecule has 0 aliphatic carbocycles. The topological polar surface area (TPSA) is 9.23 Å². The first-order chi connectivity index (χ1) is 9.17. The van der Waals surface area contributed by atoms with Crippen molar-refractivity contribution in [2.45, 2.75) is 38.0 Å². The Morgan fingerprint density at radius 1 is 0.947 bits per heavy atom. The summed E-state index contributed by atoms with van der Waals surface area (Å²) in [6.07, 6.45) is 4.11. The average molecular weight is 335 g/mol. The van der Waals surface area contributed by atoms with Crippen LogP contribution in [0.3, 0.4) is 0 Å². The van der Waals surface area contributed by atoms with Crippen LogP contribution in [0.25, 0.3) is 0 Å². The number of halogens is 3. The summed E-state index contributed by atoms with van der Waals surface area (Å²) in [6.45, 7) is 0.688. The van der Waals surface area contributed by atoms with Crippen LogP contribution in [0.5, 0.6) is 0 Å². The summed E-state index contributed by atoms with van der Waals surface area (Å²) in [7, 11) is 0. The molecule has 1 rings (SSSR count). The highest BCUT2D eigenvalue weighted by Gasteiger charge is 2.30. The second-order valence-corrected chi connectivity index (χ2v) is 5.33. The molecule has 1 nitrogen and oxygen atoms in total. The van der Waals surface area contributed by atoms with Crippen molar-refractivity contribution < 1.29 is 13.5 Å². The third-order valence-corrected chi connectivity index (χ3v) is 3.49. The molecule has 4 heteroatoms. The molecule has 0 unspecified atom stereocenters. The van der Waals surface area contributed by atoms with Crippen molar-refractivity contribution in [1.82, 2.24) is 0 Å². The standard InChI is InChI=1S/C15H21BrF2O/c16-11-6-1-2-7-12-19-13-10-15(17,18)14-8-4-3-5-9-14/h3-5,8-9H,1-2,6-7,10-13H2. The molecule has 0 aliphatic rings. The first-order valence-corrected chi connectivity index (χ1v) is 7.86. The van der Waals surface area contributed by atoms with Gasteiger partial charge in [0.05, 0.1) is 6.61 Å². The molecule has 1 aromatic rings. The monoisotopic (exact) mass is 334 g/mol. The molecule has 0 radical (unpaired) electrons. The van der Waals surface area contributed by atoms with Crippen molar-refractivity contribution in [1.29, 1.82) is 0 Å². The molecule has 0 heterocycles. The number of alkyl halides is 3. The molecule has 0 spiro atoms. The SMILES string of the molecule is FC(F)(CCOCCCCCCBr)c1ccccc1. The van der Waals surface area contributed by atoms with Crippen LogP contribution in [0.2, 0.25) is 0 Å². The van der Waals surface area contributed by atoms with E-state index in [9.17, 15) is 8.78 Å². The highest BCUT2D eigenvalue weighted by Crippen LogP contribution is 2.31. The van der Waals surface area contributed by atoms with Gasteiger partial charge in [-0.05, 0) is 12.8 Å². The Kier molecular flexibility index (Phi) is 8.22. The van der Waals surface area contributed by atoms with Gasteiger partial charge in [-0.2, -0.15) is 0 Å². The molecule has 0 atom stereocenters. The summed E-state index contributed by atoms with van der Waals surface area (Å²) >= 11 is 3.37. The fourth-order valence-corrected chi connectivity index (χ4v) is 2.18. The lowest BCUT2D eigenvalue weighted by Crippen LogP contribution is -2.16. The van der Waals surface area contributed by atoms with Gasteiger partial charge in [-0.25, -0.2) is 8.78 Å². The van der Waals surface area contributed by atoms with E-state index in [1.807, 2.05) is 0 Å². The molecule has 0 amide bonds. The van der Waals surface area contributed by atoms with Crippen LogP contribution in [0.1, 0.15) is 37.7 Å². The number of hydrogen-bond donors (Lipinski definition) is 0. The second-order valence-electron chi connectivity index (χ2n) is 4.54. The van der Waals surface area contributed by atoms with Gasteiger partial charge in [0.15, 0.2) is 0 Å². The van der Waals surface area contributed by atoms with E-state index < -0.39 is 5.92 Å². The zero-order valence-electron chi connectivity index (χ0n) is 11.1. The van der Waals surface area contributed by atoms with Gasteiger partial charge in [0, 0.05) is 23.9 Å². The van der Waals surface area contributed by atoms with Crippen molar-refractivity contribution in [3.05, 3.63) is 35.9 Å². The summed E-state index contributed by atoms with van der Waals surface area (Å²) < 4.78 is 32.8. The van der Waals surface area contributed by atoms with Gasteiger partial charge in [-0.1, -0.05) is 59.1 Å². The van der Waals surface area contributed by atoms with E-state index in [2.05, 4.69) is 15.9 Å². The Labute approximate surface area is 122 Å². The highest BCUT2D eigenvalue weighted by atomic mass is 79.9. The van der Waals surface area contributed by atoms with Crippen LogP contribution in [0, 0.1) is 0 Å². The third-order valence-electron chi connectivity index (χ3n) is 2.93. The van der Waals surface area contributed by atoms with Gasteiger partial charge >= 0.3 is 0 Å². The van der Waals surface area contributed by atoms with Crippen molar-refractivity contribution >= 4 is 15.9 Å². The van der Waals surface area contributed by atoms with Crippen LogP contribution in [0.15, 0.2) is 30.3 Å². The number of benzene rings is 1. The fourth-order valence-electron chi connectivity index (χ4n) is 1.78. The van der Waals surface area contributed by atoms with Gasteiger partial charge in [0.2, 0.25) is 0 Å². The number of unbranched alkanes of at least 4 members (excludes halogenated alkanes) is 3. The minimum Gasteiger partial charge on any atom is -0.381 e. The van der Waals surface area contributed by atoms with E-state index >= 15 is 0 Å². The van der Waals surface area contributed by atoms with E-state index in [0.717, 1.165) is 31.0 Å². The van der Waals surface area contributed by atoms with E-state index in [1.165, 1.54) is 12.1 Å². The van der Waals surface area contributed by atoms with Crippen LogP contribution < -0.4 is 0 Å². The maximum atomic E-state index is 13.7. The molecule has 0 fully saturated rings. The summed E-state index contributed by atoms with van der Waals surface area (Å²) in [4.78, 5) is 0. The third kappa shape index (κ3) is 7.02. The molecule has 108 valence electrons. The second kappa shape index (κ2) is 9.43. The predicted octanol–water partition coefficient (Wildman–Crippen LogP) is 5.14. The average Bonchev–Trinajstić information content (AvgIpc) is 2.43. The van der Waals surface area contributed by atoms with Crippen LogP contribution in [0.4, 0.5) is 8.78 Å². The maximum absolute atomic E-state index is 13.7. The van der Waals surface area contributed by atoms with Crippen molar-refractivity contribution in [3.63, 3.8) is 0 Å². The minimum atomic E-state index is -2.79. The summed E-state index contributed by atoms with van der Waals surface area (Å²) in [5, 5.41) is 1.02. The molecule has 0 saturated heterocycles. The van der Waals surface area contributed by atoms with Gasteiger partial charge in [-0.3, -0.25) is 0 Å². The molecular formula is C15H21BrF2O. The van der Waals surface area contributed by atoms with Crippen molar-refractivity contribution in [2.75, 3.05) is 18.5 Å². The lowest BCUT2D eigenvalue weighted by atomic mass is 10.1. The quantitative estimate of drug-likeness (QED) is 0.425. The van der Waals surface area contributed by atoms with Gasteiger partial charge in [0.1, 0.15) is 0 Å². The van der Waals surface area contributed by atoms with Crippen LogP contribution in [-0.2, 0) is 10.7 Å². The van der Waals surface area contributed by atoms with Crippen molar-refractivity contribution in [2.24, 2.45) is 0 Å². The Hall–Kier alpha value is -0.480. The maximum Gasteiger partial charge on any atom is 0.275 e. The lowest BCUT2D eigenvalue weighted by Gasteiger charge is -2.16. The normalized spacial score (nSPS) is 11.7. The number of rotatable bonds is 10. The molecule has 19 heavy (non-hydrogen) atoms. The van der Waals surface area contributed by atoms with Gasteiger partial charge in [-0.15, -0.1) is 0 Å². The van der Waals surface area contributed by atoms with Crippen LogP contribution >= 0.6 is 15.9 Å². The largest absolute Gasteiger partial charge is 0.381 e. The summed E-state index contributed by atoms with van der Waals surface area (Å²) in [5.74, 6) is -2.79. The predicted molar refractivity (Wildman–Crippen MR) is 78.0 cm³/mol.